The van der Waals surface area contributed by atoms with Crippen molar-refractivity contribution >= 4 is 11.8 Å². The normalized spacial score (nSPS) is 12.0. The van der Waals surface area contributed by atoms with E-state index in [0.717, 1.165) is 11.1 Å². The fourth-order valence-electron chi connectivity index (χ4n) is 2.82. The lowest BCUT2D eigenvalue weighted by Crippen LogP contribution is -2.49. The number of hydrogen-bond donors (Lipinski definition) is 2. The van der Waals surface area contributed by atoms with Gasteiger partial charge < -0.3 is 20.1 Å². The Kier molecular flexibility index (Phi) is 8.87. The Hall–Kier alpha value is -2.86. The van der Waals surface area contributed by atoms with Crippen LogP contribution in [-0.4, -0.2) is 31.1 Å². The zero-order chi connectivity index (χ0) is 22.1. The van der Waals surface area contributed by atoms with Crippen LogP contribution in [0.5, 0.6) is 5.75 Å². The average molecular weight is 413 g/mol. The lowest BCUT2D eigenvalue weighted by molar-refractivity contribution is -0.124. The summed E-state index contributed by atoms with van der Waals surface area (Å²) in [6, 6.07) is 14.1. The molecule has 2 amide bonds. The van der Waals surface area contributed by atoms with Gasteiger partial charge in [-0.2, -0.15) is 0 Å². The van der Waals surface area contributed by atoms with Gasteiger partial charge in [0.25, 0.3) is 5.91 Å². The van der Waals surface area contributed by atoms with Crippen LogP contribution in [0.4, 0.5) is 0 Å². The second-order valence-electron chi connectivity index (χ2n) is 7.82. The molecule has 6 nitrogen and oxygen atoms in total. The van der Waals surface area contributed by atoms with Crippen molar-refractivity contribution in [3.05, 3.63) is 65.2 Å². The fourth-order valence-corrected chi connectivity index (χ4v) is 2.82. The van der Waals surface area contributed by atoms with E-state index in [1.54, 1.807) is 31.4 Å². The number of rotatable bonds is 10. The van der Waals surface area contributed by atoms with E-state index >= 15 is 0 Å². The highest BCUT2D eigenvalue weighted by atomic mass is 16.5. The largest absolute Gasteiger partial charge is 0.497 e. The maximum atomic E-state index is 12.7. The number of hydrogen-bond acceptors (Lipinski definition) is 4. The van der Waals surface area contributed by atoms with Crippen LogP contribution < -0.4 is 15.4 Å². The standard InChI is InChI=1S/C24H32N2O4/c1-16(2)22(26-23(27)20-10-12-21(29-5)13-11-20)24(28)25-14-18-6-8-19(9-7-18)15-30-17(3)4/h6-13,16-17,22H,14-15H2,1-5H3,(H,25,28)(H,26,27). The van der Waals surface area contributed by atoms with Gasteiger partial charge in [0.2, 0.25) is 5.91 Å². The van der Waals surface area contributed by atoms with Crippen LogP contribution in [0.2, 0.25) is 0 Å². The Morgan fingerprint density at radius 2 is 1.50 bits per heavy atom. The molecule has 0 bridgehead atoms. The van der Waals surface area contributed by atoms with Crippen molar-refractivity contribution in [3.8, 4) is 5.75 Å². The van der Waals surface area contributed by atoms with Crippen molar-refractivity contribution in [2.45, 2.75) is 53.0 Å². The van der Waals surface area contributed by atoms with Crippen molar-refractivity contribution in [1.29, 1.82) is 0 Å². The van der Waals surface area contributed by atoms with Crippen molar-refractivity contribution in [1.82, 2.24) is 10.6 Å². The van der Waals surface area contributed by atoms with Crippen molar-refractivity contribution in [2.75, 3.05) is 7.11 Å². The summed E-state index contributed by atoms with van der Waals surface area (Å²) in [5.41, 5.74) is 2.56. The van der Waals surface area contributed by atoms with Crippen molar-refractivity contribution in [3.63, 3.8) is 0 Å². The van der Waals surface area contributed by atoms with Crippen LogP contribution in [0.3, 0.4) is 0 Å². The molecule has 2 rings (SSSR count). The van der Waals surface area contributed by atoms with E-state index in [1.165, 1.54) is 0 Å². The number of ether oxygens (including phenoxy) is 2. The fraction of sp³-hybridized carbons (Fsp3) is 0.417. The van der Waals surface area contributed by atoms with E-state index in [0.29, 0.717) is 24.5 Å². The van der Waals surface area contributed by atoms with Gasteiger partial charge in [-0.3, -0.25) is 9.59 Å². The van der Waals surface area contributed by atoms with Gasteiger partial charge in [0.1, 0.15) is 11.8 Å². The molecule has 0 aliphatic rings. The molecule has 0 spiro atoms. The molecule has 0 saturated carbocycles. The summed E-state index contributed by atoms with van der Waals surface area (Å²) in [6.45, 7) is 8.78. The number of amides is 2. The van der Waals surface area contributed by atoms with Crippen LogP contribution >= 0.6 is 0 Å². The highest BCUT2D eigenvalue weighted by molar-refractivity contribution is 5.97. The van der Waals surface area contributed by atoms with E-state index in [-0.39, 0.29) is 23.8 Å². The molecular weight excluding hydrogens is 380 g/mol. The zero-order valence-corrected chi connectivity index (χ0v) is 18.4. The van der Waals surface area contributed by atoms with Crippen LogP contribution in [0.25, 0.3) is 0 Å². The predicted octanol–water partition coefficient (Wildman–Crippen LogP) is 3.69. The second kappa shape index (κ2) is 11.4. The molecule has 0 heterocycles. The Balaban J connectivity index is 1.92. The van der Waals surface area contributed by atoms with Crippen LogP contribution in [0.1, 0.15) is 49.2 Å². The third-order valence-corrected chi connectivity index (χ3v) is 4.66. The summed E-state index contributed by atoms with van der Waals surface area (Å²) in [5, 5.41) is 5.75. The van der Waals surface area contributed by atoms with Gasteiger partial charge in [0.15, 0.2) is 0 Å². The third-order valence-electron chi connectivity index (χ3n) is 4.66. The quantitative estimate of drug-likeness (QED) is 0.624. The second-order valence-corrected chi connectivity index (χ2v) is 7.82. The predicted molar refractivity (Wildman–Crippen MR) is 117 cm³/mol. The van der Waals surface area contributed by atoms with E-state index in [2.05, 4.69) is 10.6 Å². The lowest BCUT2D eigenvalue weighted by Gasteiger charge is -2.22. The molecule has 0 saturated heterocycles. The number of methoxy groups -OCH3 is 1. The first kappa shape index (κ1) is 23.4. The zero-order valence-electron chi connectivity index (χ0n) is 18.4. The number of benzene rings is 2. The molecular formula is C24H32N2O4. The molecule has 2 aromatic rings. The summed E-state index contributed by atoms with van der Waals surface area (Å²) in [7, 11) is 1.57. The third kappa shape index (κ3) is 7.19. The summed E-state index contributed by atoms with van der Waals surface area (Å²) < 4.78 is 10.7. The summed E-state index contributed by atoms with van der Waals surface area (Å²) >= 11 is 0. The Labute approximate surface area is 179 Å². The molecule has 0 aromatic heterocycles. The van der Waals surface area contributed by atoms with Crippen LogP contribution in [0.15, 0.2) is 48.5 Å². The summed E-state index contributed by atoms with van der Waals surface area (Å²) in [6.07, 6.45) is 0.185. The Morgan fingerprint density at radius 1 is 0.900 bits per heavy atom. The van der Waals surface area contributed by atoms with E-state index in [1.807, 2.05) is 52.0 Å². The first-order valence-electron chi connectivity index (χ1n) is 10.2. The summed E-state index contributed by atoms with van der Waals surface area (Å²) in [5.74, 6) is 0.120. The molecule has 0 radical (unpaired) electrons. The Morgan fingerprint density at radius 3 is 2.03 bits per heavy atom. The van der Waals surface area contributed by atoms with Crippen LogP contribution in [0, 0.1) is 5.92 Å². The molecule has 6 heteroatoms. The highest BCUT2D eigenvalue weighted by Gasteiger charge is 2.24. The lowest BCUT2D eigenvalue weighted by atomic mass is 10.0. The number of carbonyl (C=O) groups excluding carboxylic acids is 2. The average Bonchev–Trinajstić information content (AvgIpc) is 2.74. The molecule has 1 unspecified atom stereocenters. The SMILES string of the molecule is COc1ccc(C(=O)NC(C(=O)NCc2ccc(COC(C)C)cc2)C(C)C)cc1. The molecule has 1 atom stereocenters. The van der Waals surface area contributed by atoms with Gasteiger partial charge in [0, 0.05) is 12.1 Å². The van der Waals surface area contributed by atoms with E-state index < -0.39 is 6.04 Å². The minimum absolute atomic E-state index is 0.0530. The minimum Gasteiger partial charge on any atom is -0.497 e. The van der Waals surface area contributed by atoms with Gasteiger partial charge in [-0.15, -0.1) is 0 Å². The topological polar surface area (TPSA) is 76.7 Å². The first-order chi connectivity index (χ1) is 14.3. The van der Waals surface area contributed by atoms with Gasteiger partial charge in [0.05, 0.1) is 19.8 Å². The molecule has 30 heavy (non-hydrogen) atoms. The first-order valence-corrected chi connectivity index (χ1v) is 10.2. The van der Waals surface area contributed by atoms with Gasteiger partial charge in [-0.25, -0.2) is 0 Å². The maximum absolute atomic E-state index is 12.7. The molecule has 0 aliphatic carbocycles. The van der Waals surface area contributed by atoms with Crippen molar-refractivity contribution in [2.24, 2.45) is 5.92 Å². The highest BCUT2D eigenvalue weighted by Crippen LogP contribution is 2.12. The summed E-state index contributed by atoms with van der Waals surface area (Å²) in [4.78, 5) is 25.2. The molecule has 162 valence electrons. The minimum atomic E-state index is -0.627. The van der Waals surface area contributed by atoms with Gasteiger partial charge in [-0.05, 0) is 55.2 Å². The molecule has 2 N–H and O–H groups in total. The van der Waals surface area contributed by atoms with E-state index in [4.69, 9.17) is 9.47 Å². The van der Waals surface area contributed by atoms with Crippen molar-refractivity contribution < 1.29 is 19.1 Å². The molecule has 0 fully saturated rings. The molecule has 0 aliphatic heterocycles. The van der Waals surface area contributed by atoms with Gasteiger partial charge in [-0.1, -0.05) is 38.1 Å². The van der Waals surface area contributed by atoms with Gasteiger partial charge >= 0.3 is 0 Å². The van der Waals surface area contributed by atoms with E-state index in [9.17, 15) is 9.59 Å². The monoisotopic (exact) mass is 412 g/mol. The molecule has 2 aromatic carbocycles. The number of carbonyl (C=O) groups is 2. The Bertz CT molecular complexity index is 814. The smallest absolute Gasteiger partial charge is 0.251 e. The number of nitrogens with one attached hydrogen (secondary N) is 2. The maximum Gasteiger partial charge on any atom is 0.251 e. The van der Waals surface area contributed by atoms with Crippen LogP contribution in [-0.2, 0) is 22.7 Å².